The van der Waals surface area contributed by atoms with E-state index in [0.717, 1.165) is 12.1 Å². The summed E-state index contributed by atoms with van der Waals surface area (Å²) in [6.07, 6.45) is 5.01. The molecule has 7 nitrogen and oxygen atoms in total. The van der Waals surface area contributed by atoms with Crippen molar-refractivity contribution < 1.29 is 9.72 Å². The molecule has 7 heteroatoms. The molecule has 0 bridgehead atoms. The van der Waals surface area contributed by atoms with Gasteiger partial charge in [0.15, 0.2) is 0 Å². The van der Waals surface area contributed by atoms with Crippen LogP contribution in [0.25, 0.3) is 10.8 Å². The number of aromatic nitrogens is 1. The Balaban J connectivity index is 2.12. The number of fused-ring (bicyclic) bond motifs is 1. The lowest BCUT2D eigenvalue weighted by Gasteiger charge is -2.09. The second kappa shape index (κ2) is 6.65. The minimum atomic E-state index is -0.404. The number of nitro groups is 1. The van der Waals surface area contributed by atoms with Crippen LogP contribution in [0.2, 0.25) is 0 Å². The molecule has 0 spiro atoms. The van der Waals surface area contributed by atoms with E-state index in [2.05, 4.69) is 10.3 Å². The highest BCUT2D eigenvalue weighted by Crippen LogP contribution is 2.30. The molecule has 2 aromatic rings. The number of carbonyl (C=O) groups is 1. The number of anilines is 1. The second-order valence-corrected chi connectivity index (χ2v) is 4.66. The van der Waals surface area contributed by atoms with Crippen LogP contribution >= 0.6 is 0 Å². The van der Waals surface area contributed by atoms with E-state index in [4.69, 9.17) is 5.73 Å². The van der Waals surface area contributed by atoms with E-state index in [1.807, 2.05) is 0 Å². The molecule has 21 heavy (non-hydrogen) atoms. The number of non-ortho nitro benzene ring substituents is 1. The van der Waals surface area contributed by atoms with Gasteiger partial charge in [-0.25, -0.2) is 0 Å². The summed E-state index contributed by atoms with van der Waals surface area (Å²) < 4.78 is 0. The van der Waals surface area contributed by atoms with Crippen LogP contribution in [0.3, 0.4) is 0 Å². The smallest absolute Gasteiger partial charge is 0.277 e. The summed E-state index contributed by atoms with van der Waals surface area (Å²) in [6, 6.07) is 4.79. The fourth-order valence-corrected chi connectivity index (χ4v) is 2.13. The molecule has 0 radical (unpaired) electrons. The van der Waals surface area contributed by atoms with Crippen molar-refractivity contribution in [2.75, 3.05) is 11.9 Å². The summed E-state index contributed by atoms with van der Waals surface area (Å²) in [4.78, 5) is 25.3. The van der Waals surface area contributed by atoms with Crippen LogP contribution in [-0.4, -0.2) is 22.4 Å². The minimum absolute atomic E-state index is 0.0617. The number of pyridine rings is 1. The first kappa shape index (κ1) is 14.7. The molecule has 0 unspecified atom stereocenters. The van der Waals surface area contributed by atoms with Crippen LogP contribution in [0, 0.1) is 10.1 Å². The molecule has 3 N–H and O–H groups in total. The molecule has 0 aliphatic heterocycles. The highest BCUT2D eigenvalue weighted by Gasteiger charge is 2.13. The Hall–Kier alpha value is -2.70. The molecule has 0 fully saturated rings. The zero-order chi connectivity index (χ0) is 15.2. The van der Waals surface area contributed by atoms with Gasteiger partial charge in [-0.1, -0.05) is 0 Å². The second-order valence-electron chi connectivity index (χ2n) is 4.66. The van der Waals surface area contributed by atoms with Crippen molar-refractivity contribution in [1.82, 2.24) is 4.98 Å². The van der Waals surface area contributed by atoms with Crippen molar-refractivity contribution in [3.8, 4) is 0 Å². The van der Waals surface area contributed by atoms with Gasteiger partial charge in [0.05, 0.1) is 10.3 Å². The molecule has 2 rings (SSSR count). The van der Waals surface area contributed by atoms with Crippen LogP contribution in [0.5, 0.6) is 0 Å². The van der Waals surface area contributed by atoms with E-state index in [0.29, 0.717) is 30.2 Å². The summed E-state index contributed by atoms with van der Waals surface area (Å²) in [5, 5.41) is 15.5. The van der Waals surface area contributed by atoms with E-state index in [1.54, 1.807) is 18.3 Å². The van der Waals surface area contributed by atoms with Gasteiger partial charge in [0.2, 0.25) is 5.91 Å². The van der Waals surface area contributed by atoms with Crippen LogP contribution in [-0.2, 0) is 4.79 Å². The predicted molar refractivity (Wildman–Crippen MR) is 79.9 cm³/mol. The number of hydrogen-bond donors (Lipinski definition) is 2. The van der Waals surface area contributed by atoms with Crippen molar-refractivity contribution in [3.05, 3.63) is 40.7 Å². The van der Waals surface area contributed by atoms with Gasteiger partial charge in [0.1, 0.15) is 0 Å². The number of hydrogen-bond acceptors (Lipinski definition) is 5. The standard InChI is InChI=1S/C14H16N4O3/c15-14(19)3-1-2-7-17-12-4-5-13(18(20)21)10-6-8-16-9-11(10)12/h4-6,8-9,17H,1-3,7H2,(H2,15,19). The first-order chi connectivity index (χ1) is 10.1. The van der Waals surface area contributed by atoms with Gasteiger partial charge in [-0.3, -0.25) is 19.9 Å². The fraction of sp³-hybridized carbons (Fsp3) is 0.286. The van der Waals surface area contributed by atoms with Gasteiger partial charge < -0.3 is 11.1 Å². The van der Waals surface area contributed by atoms with Crippen LogP contribution in [0.4, 0.5) is 11.4 Å². The van der Waals surface area contributed by atoms with Crippen LogP contribution < -0.4 is 11.1 Å². The summed E-state index contributed by atoms with van der Waals surface area (Å²) in [6.45, 7) is 0.662. The summed E-state index contributed by atoms with van der Waals surface area (Å²) >= 11 is 0. The number of nitrogens with one attached hydrogen (secondary N) is 1. The Bertz CT molecular complexity index is 672. The van der Waals surface area contributed by atoms with Gasteiger partial charge in [-0.15, -0.1) is 0 Å². The SMILES string of the molecule is NC(=O)CCCCNc1ccc([N+](=O)[O-])c2ccncc12. The monoisotopic (exact) mass is 288 g/mol. The zero-order valence-corrected chi connectivity index (χ0v) is 11.4. The number of unbranched alkanes of at least 4 members (excludes halogenated alkanes) is 1. The number of nitrogens with two attached hydrogens (primary N) is 1. The molecular formula is C14H16N4O3. The van der Waals surface area contributed by atoms with Gasteiger partial charge in [-0.2, -0.15) is 0 Å². The molecule has 1 aromatic heterocycles. The van der Waals surface area contributed by atoms with Crippen molar-refractivity contribution in [2.45, 2.75) is 19.3 Å². The van der Waals surface area contributed by atoms with Gasteiger partial charge in [0, 0.05) is 42.5 Å². The number of amides is 1. The predicted octanol–water partition coefficient (Wildman–Crippen LogP) is 2.21. The molecular weight excluding hydrogens is 272 g/mol. The maximum atomic E-state index is 11.0. The minimum Gasteiger partial charge on any atom is -0.384 e. The summed E-state index contributed by atoms with van der Waals surface area (Å²) in [7, 11) is 0. The van der Waals surface area contributed by atoms with Gasteiger partial charge in [-0.05, 0) is 25.0 Å². The van der Waals surface area contributed by atoms with E-state index >= 15 is 0 Å². The largest absolute Gasteiger partial charge is 0.384 e. The third-order valence-corrected chi connectivity index (χ3v) is 3.16. The maximum absolute atomic E-state index is 11.0. The third kappa shape index (κ3) is 3.65. The molecule has 0 aliphatic carbocycles. The van der Waals surface area contributed by atoms with Gasteiger partial charge >= 0.3 is 0 Å². The number of nitro benzene ring substituents is 1. The van der Waals surface area contributed by atoms with E-state index in [9.17, 15) is 14.9 Å². The lowest BCUT2D eigenvalue weighted by molar-refractivity contribution is -0.383. The van der Waals surface area contributed by atoms with Crippen molar-refractivity contribution in [2.24, 2.45) is 5.73 Å². The molecule has 1 heterocycles. The lowest BCUT2D eigenvalue weighted by Crippen LogP contribution is -2.11. The van der Waals surface area contributed by atoms with E-state index in [-0.39, 0.29) is 11.6 Å². The molecule has 0 aliphatic rings. The van der Waals surface area contributed by atoms with Crippen molar-refractivity contribution in [1.29, 1.82) is 0 Å². The van der Waals surface area contributed by atoms with Gasteiger partial charge in [0.25, 0.3) is 5.69 Å². The third-order valence-electron chi connectivity index (χ3n) is 3.16. The molecule has 0 atom stereocenters. The van der Waals surface area contributed by atoms with E-state index < -0.39 is 4.92 Å². The van der Waals surface area contributed by atoms with Crippen LogP contribution in [0.15, 0.2) is 30.6 Å². The molecule has 0 saturated carbocycles. The summed E-state index contributed by atoms with van der Waals surface area (Å²) in [5.41, 5.74) is 5.93. The number of carbonyl (C=O) groups excluding carboxylic acids is 1. The quantitative estimate of drug-likeness (QED) is 0.461. The molecule has 0 saturated heterocycles. The normalized spacial score (nSPS) is 10.5. The molecule has 1 amide bonds. The first-order valence-electron chi connectivity index (χ1n) is 6.63. The van der Waals surface area contributed by atoms with Crippen LogP contribution in [0.1, 0.15) is 19.3 Å². The number of rotatable bonds is 7. The number of benzene rings is 1. The zero-order valence-electron chi connectivity index (χ0n) is 11.4. The molecule has 110 valence electrons. The Morgan fingerprint density at radius 1 is 1.29 bits per heavy atom. The summed E-state index contributed by atoms with van der Waals surface area (Å²) in [5.74, 6) is -0.306. The Kier molecular flexibility index (Phi) is 4.65. The Morgan fingerprint density at radius 2 is 2.10 bits per heavy atom. The maximum Gasteiger partial charge on any atom is 0.277 e. The van der Waals surface area contributed by atoms with Crippen molar-refractivity contribution in [3.63, 3.8) is 0 Å². The average molecular weight is 288 g/mol. The van der Waals surface area contributed by atoms with Crippen molar-refractivity contribution >= 4 is 28.1 Å². The highest BCUT2D eigenvalue weighted by molar-refractivity contribution is 5.99. The fourth-order valence-electron chi connectivity index (χ4n) is 2.13. The number of primary amides is 1. The van der Waals surface area contributed by atoms with E-state index in [1.165, 1.54) is 12.3 Å². The number of nitrogens with zero attached hydrogens (tertiary/aromatic N) is 2. The highest BCUT2D eigenvalue weighted by atomic mass is 16.6. The molecule has 1 aromatic carbocycles. The first-order valence-corrected chi connectivity index (χ1v) is 6.63. The Labute approximate surface area is 121 Å². The lowest BCUT2D eigenvalue weighted by atomic mass is 10.1. The Morgan fingerprint density at radius 3 is 2.81 bits per heavy atom. The topological polar surface area (TPSA) is 111 Å². The average Bonchev–Trinajstić information content (AvgIpc) is 2.46.